The number of carboxylic acid groups (broad SMARTS) is 1. The molecule has 0 spiro atoms. The summed E-state index contributed by atoms with van der Waals surface area (Å²) in [7, 11) is 1.42. The van der Waals surface area contributed by atoms with E-state index in [-0.39, 0.29) is 5.56 Å². The van der Waals surface area contributed by atoms with E-state index in [1.165, 1.54) is 32.7 Å². The minimum absolute atomic E-state index is 0.271. The lowest BCUT2D eigenvalue weighted by Crippen LogP contribution is -2.40. The predicted octanol–water partition coefficient (Wildman–Crippen LogP) is 0.0217. The molecule has 0 saturated heterocycles. The number of carboxylic acids is 1. The highest BCUT2D eigenvalue weighted by Gasteiger charge is 2.22. The van der Waals surface area contributed by atoms with Crippen LogP contribution in [0.5, 0.6) is 0 Å². The molecule has 0 aromatic carbocycles. The zero-order valence-corrected chi connectivity index (χ0v) is 8.41. The van der Waals surface area contributed by atoms with Crippen molar-refractivity contribution >= 4 is 11.9 Å². The van der Waals surface area contributed by atoms with Gasteiger partial charge in [-0.1, -0.05) is 0 Å². The number of hydrogen-bond acceptors (Lipinski definition) is 4. The van der Waals surface area contributed by atoms with E-state index in [0.717, 1.165) is 4.90 Å². The smallest absolute Gasteiger partial charge is 0.326 e. The van der Waals surface area contributed by atoms with Crippen molar-refractivity contribution in [3.05, 3.63) is 24.3 Å². The Morgan fingerprint density at radius 2 is 1.93 bits per heavy atom. The zero-order chi connectivity index (χ0) is 11.4. The van der Waals surface area contributed by atoms with Crippen LogP contribution in [0.2, 0.25) is 0 Å². The van der Waals surface area contributed by atoms with Crippen molar-refractivity contribution in [1.82, 2.24) is 14.9 Å². The standard InChI is InChI=1S/C9H11N3O3/c1-6(9(14)15)12(2)8(13)7-3-10-5-11-4-7/h3-6H,1-2H3,(H,14,15). The molecule has 1 aromatic rings. The van der Waals surface area contributed by atoms with E-state index in [9.17, 15) is 9.59 Å². The molecule has 6 nitrogen and oxygen atoms in total. The third-order valence-electron chi connectivity index (χ3n) is 2.07. The number of amides is 1. The molecule has 0 fully saturated rings. The third kappa shape index (κ3) is 2.49. The molecule has 80 valence electrons. The fourth-order valence-corrected chi connectivity index (χ4v) is 0.955. The Labute approximate surface area is 86.6 Å². The van der Waals surface area contributed by atoms with E-state index in [0.29, 0.717) is 0 Å². The number of carbonyl (C=O) groups excluding carboxylic acids is 1. The summed E-state index contributed by atoms with van der Waals surface area (Å²) in [6.45, 7) is 1.43. The molecule has 0 saturated carbocycles. The van der Waals surface area contributed by atoms with Crippen LogP contribution in [0.1, 0.15) is 17.3 Å². The second-order valence-corrected chi connectivity index (χ2v) is 3.06. The molecule has 0 aliphatic carbocycles. The quantitative estimate of drug-likeness (QED) is 0.758. The molecule has 1 aromatic heterocycles. The molecule has 15 heavy (non-hydrogen) atoms. The summed E-state index contributed by atoms with van der Waals surface area (Å²) >= 11 is 0. The summed E-state index contributed by atoms with van der Waals surface area (Å²) in [6.07, 6.45) is 4.00. The van der Waals surface area contributed by atoms with E-state index < -0.39 is 17.9 Å². The first-order valence-electron chi connectivity index (χ1n) is 4.29. The Bertz CT molecular complexity index is 366. The van der Waals surface area contributed by atoms with Crippen LogP contribution in [0.15, 0.2) is 18.7 Å². The predicted molar refractivity (Wildman–Crippen MR) is 51.2 cm³/mol. The highest BCUT2D eigenvalue weighted by atomic mass is 16.4. The van der Waals surface area contributed by atoms with Crippen LogP contribution in [-0.2, 0) is 4.79 Å². The lowest BCUT2D eigenvalue weighted by atomic mass is 10.2. The number of hydrogen-bond donors (Lipinski definition) is 1. The first-order valence-corrected chi connectivity index (χ1v) is 4.29. The van der Waals surface area contributed by atoms with E-state index in [2.05, 4.69) is 9.97 Å². The molecule has 6 heteroatoms. The number of likely N-dealkylation sites (N-methyl/N-ethyl adjacent to an activating group) is 1. The van der Waals surface area contributed by atoms with Gasteiger partial charge in [-0.05, 0) is 6.92 Å². The molecule has 0 aliphatic rings. The Kier molecular flexibility index (Phi) is 3.33. The third-order valence-corrected chi connectivity index (χ3v) is 2.07. The van der Waals surface area contributed by atoms with E-state index in [1.807, 2.05) is 0 Å². The highest BCUT2D eigenvalue weighted by molar-refractivity contribution is 5.95. The zero-order valence-electron chi connectivity index (χ0n) is 8.41. The van der Waals surface area contributed by atoms with Gasteiger partial charge in [0.05, 0.1) is 5.56 Å². The van der Waals surface area contributed by atoms with Crippen LogP contribution in [0.3, 0.4) is 0 Å². The summed E-state index contributed by atoms with van der Waals surface area (Å²) in [5.41, 5.74) is 0.271. The number of aliphatic carboxylic acids is 1. The summed E-state index contributed by atoms with van der Waals surface area (Å²) in [6, 6.07) is -0.877. The van der Waals surface area contributed by atoms with Gasteiger partial charge in [-0.25, -0.2) is 14.8 Å². The maximum atomic E-state index is 11.7. The molecular weight excluding hydrogens is 198 g/mol. The van der Waals surface area contributed by atoms with E-state index >= 15 is 0 Å². The summed E-state index contributed by atoms with van der Waals surface area (Å²) < 4.78 is 0. The molecule has 0 aliphatic heterocycles. The summed E-state index contributed by atoms with van der Waals surface area (Å²) in [5.74, 6) is -1.46. The number of nitrogens with zero attached hydrogens (tertiary/aromatic N) is 3. The van der Waals surface area contributed by atoms with Crippen molar-refractivity contribution in [3.63, 3.8) is 0 Å². The van der Waals surface area contributed by atoms with Gasteiger partial charge in [0.1, 0.15) is 12.4 Å². The van der Waals surface area contributed by atoms with Gasteiger partial charge < -0.3 is 10.0 Å². The molecule has 1 atom stereocenters. The highest BCUT2D eigenvalue weighted by Crippen LogP contribution is 2.03. The number of aromatic nitrogens is 2. The Hall–Kier alpha value is -1.98. The Balaban J connectivity index is 2.82. The first kappa shape index (κ1) is 11.1. The fraction of sp³-hybridized carbons (Fsp3) is 0.333. The molecular formula is C9H11N3O3. The Morgan fingerprint density at radius 1 is 1.40 bits per heavy atom. The van der Waals surface area contributed by atoms with Crippen LogP contribution in [-0.4, -0.2) is 44.9 Å². The topological polar surface area (TPSA) is 83.4 Å². The van der Waals surface area contributed by atoms with Crippen molar-refractivity contribution in [2.75, 3.05) is 7.05 Å². The first-order chi connectivity index (χ1) is 7.04. The van der Waals surface area contributed by atoms with Crippen molar-refractivity contribution < 1.29 is 14.7 Å². The minimum Gasteiger partial charge on any atom is -0.480 e. The second kappa shape index (κ2) is 4.50. The SMILES string of the molecule is CC(C(=O)O)N(C)C(=O)c1cncnc1. The number of carbonyl (C=O) groups is 2. The molecule has 1 heterocycles. The average Bonchev–Trinajstić information content (AvgIpc) is 2.27. The van der Waals surface area contributed by atoms with E-state index in [4.69, 9.17) is 5.11 Å². The molecule has 1 amide bonds. The van der Waals surface area contributed by atoms with Crippen molar-refractivity contribution in [3.8, 4) is 0 Å². The molecule has 1 rings (SSSR count). The van der Waals surface area contributed by atoms with Crippen LogP contribution in [0, 0.1) is 0 Å². The summed E-state index contributed by atoms with van der Waals surface area (Å²) in [4.78, 5) is 30.8. The maximum absolute atomic E-state index is 11.7. The Morgan fingerprint density at radius 3 is 2.40 bits per heavy atom. The normalized spacial score (nSPS) is 11.9. The van der Waals surface area contributed by atoms with Gasteiger partial charge in [0, 0.05) is 19.4 Å². The average molecular weight is 209 g/mol. The van der Waals surface area contributed by atoms with Crippen molar-refractivity contribution in [1.29, 1.82) is 0 Å². The van der Waals surface area contributed by atoms with Gasteiger partial charge in [-0.3, -0.25) is 4.79 Å². The molecule has 0 bridgehead atoms. The second-order valence-electron chi connectivity index (χ2n) is 3.06. The monoisotopic (exact) mass is 209 g/mol. The van der Waals surface area contributed by atoms with Gasteiger partial charge in [0.15, 0.2) is 0 Å². The lowest BCUT2D eigenvalue weighted by molar-refractivity contribution is -0.141. The van der Waals surface area contributed by atoms with Gasteiger partial charge in [0.2, 0.25) is 0 Å². The lowest BCUT2D eigenvalue weighted by Gasteiger charge is -2.20. The number of rotatable bonds is 3. The van der Waals surface area contributed by atoms with Gasteiger partial charge >= 0.3 is 5.97 Å². The largest absolute Gasteiger partial charge is 0.480 e. The molecule has 1 unspecified atom stereocenters. The van der Waals surface area contributed by atoms with Crippen LogP contribution in [0.4, 0.5) is 0 Å². The fourth-order valence-electron chi connectivity index (χ4n) is 0.955. The van der Waals surface area contributed by atoms with Crippen molar-refractivity contribution in [2.45, 2.75) is 13.0 Å². The van der Waals surface area contributed by atoms with Gasteiger partial charge in [-0.2, -0.15) is 0 Å². The van der Waals surface area contributed by atoms with Crippen molar-refractivity contribution in [2.24, 2.45) is 0 Å². The molecule has 0 radical (unpaired) electrons. The van der Waals surface area contributed by atoms with Crippen LogP contribution < -0.4 is 0 Å². The van der Waals surface area contributed by atoms with Crippen LogP contribution >= 0.6 is 0 Å². The van der Waals surface area contributed by atoms with Gasteiger partial charge in [0.25, 0.3) is 5.91 Å². The minimum atomic E-state index is -1.05. The summed E-state index contributed by atoms with van der Waals surface area (Å²) in [5, 5.41) is 8.72. The van der Waals surface area contributed by atoms with E-state index in [1.54, 1.807) is 0 Å². The maximum Gasteiger partial charge on any atom is 0.326 e. The molecule has 1 N–H and O–H groups in total. The van der Waals surface area contributed by atoms with Gasteiger partial charge in [-0.15, -0.1) is 0 Å². The van der Waals surface area contributed by atoms with Crippen LogP contribution in [0.25, 0.3) is 0 Å².